The van der Waals surface area contributed by atoms with E-state index in [0.717, 1.165) is 22.3 Å². The van der Waals surface area contributed by atoms with E-state index in [9.17, 15) is 0 Å². The van der Waals surface area contributed by atoms with E-state index in [1.807, 2.05) is 18.2 Å². The lowest BCUT2D eigenvalue weighted by atomic mass is 10.1. The number of hydrogen-bond donors (Lipinski definition) is 0. The van der Waals surface area contributed by atoms with Gasteiger partial charge in [-0.3, -0.25) is 4.98 Å². The Kier molecular flexibility index (Phi) is 2.78. The first-order valence-electron chi connectivity index (χ1n) is 5.95. The van der Waals surface area contributed by atoms with Crippen molar-refractivity contribution in [3.63, 3.8) is 0 Å². The van der Waals surface area contributed by atoms with Crippen LogP contribution in [-0.4, -0.2) is 19.2 Å². The average molecular weight is 264 g/mol. The Morgan fingerprint density at radius 2 is 1.94 bits per heavy atom. The minimum Gasteiger partial charge on any atom is -0.497 e. The van der Waals surface area contributed by atoms with Gasteiger partial charge in [0.05, 0.1) is 30.1 Å². The molecule has 3 rings (SSSR count). The van der Waals surface area contributed by atoms with Crippen LogP contribution in [0, 0.1) is 0 Å². The summed E-state index contributed by atoms with van der Waals surface area (Å²) >= 11 is 6.35. The van der Waals surface area contributed by atoms with Crippen LogP contribution in [0.25, 0.3) is 10.9 Å². The maximum Gasteiger partial charge on any atom is 0.133 e. The van der Waals surface area contributed by atoms with Gasteiger partial charge in [0.15, 0.2) is 0 Å². The van der Waals surface area contributed by atoms with Gasteiger partial charge in [0.2, 0.25) is 0 Å². The van der Waals surface area contributed by atoms with Crippen LogP contribution in [0.2, 0.25) is 5.02 Å². The number of halogens is 1. The smallest absolute Gasteiger partial charge is 0.133 e. The molecule has 3 nitrogen and oxygen atoms in total. The van der Waals surface area contributed by atoms with Crippen LogP contribution < -0.4 is 9.47 Å². The molecule has 0 atom stereocenters. The van der Waals surface area contributed by atoms with Crippen molar-refractivity contribution in [2.75, 3.05) is 14.2 Å². The number of hydrogen-bond acceptors (Lipinski definition) is 3. The summed E-state index contributed by atoms with van der Waals surface area (Å²) in [4.78, 5) is 4.67. The molecule has 0 saturated heterocycles. The molecule has 1 aliphatic carbocycles. The number of fused-ring (bicyclic) bond motifs is 1. The minimum absolute atomic E-state index is 0.573. The van der Waals surface area contributed by atoms with Gasteiger partial charge in [-0.25, -0.2) is 0 Å². The van der Waals surface area contributed by atoms with E-state index in [1.54, 1.807) is 14.2 Å². The molecule has 18 heavy (non-hydrogen) atoms. The summed E-state index contributed by atoms with van der Waals surface area (Å²) < 4.78 is 10.6. The molecule has 2 aromatic rings. The normalized spacial score (nSPS) is 14.8. The molecule has 1 fully saturated rings. The number of methoxy groups -OCH3 is 2. The SMILES string of the molecule is COc1cc(OC)c2c(Cl)cc(C3CC3)nc2c1. The van der Waals surface area contributed by atoms with E-state index in [2.05, 4.69) is 4.98 Å². The van der Waals surface area contributed by atoms with Crippen molar-refractivity contribution >= 4 is 22.5 Å². The summed E-state index contributed by atoms with van der Waals surface area (Å²) in [5, 5.41) is 1.55. The maximum atomic E-state index is 6.35. The lowest BCUT2D eigenvalue weighted by Gasteiger charge is -2.11. The second kappa shape index (κ2) is 4.32. The van der Waals surface area contributed by atoms with Crippen LogP contribution >= 0.6 is 11.6 Å². The summed E-state index contributed by atoms with van der Waals surface area (Å²) in [6, 6.07) is 5.68. The third-order valence-electron chi connectivity index (χ3n) is 3.27. The van der Waals surface area contributed by atoms with Crippen molar-refractivity contribution < 1.29 is 9.47 Å². The van der Waals surface area contributed by atoms with E-state index in [0.29, 0.717) is 16.7 Å². The summed E-state index contributed by atoms with van der Waals surface area (Å²) in [5.74, 6) is 2.00. The molecule has 1 saturated carbocycles. The summed E-state index contributed by atoms with van der Waals surface area (Å²) in [6.07, 6.45) is 2.41. The topological polar surface area (TPSA) is 31.4 Å². The fourth-order valence-electron chi connectivity index (χ4n) is 2.14. The predicted octanol–water partition coefficient (Wildman–Crippen LogP) is 3.78. The number of rotatable bonds is 3. The molecule has 0 spiro atoms. The Balaban J connectivity index is 2.27. The van der Waals surface area contributed by atoms with Gasteiger partial charge in [0.25, 0.3) is 0 Å². The zero-order valence-electron chi connectivity index (χ0n) is 10.4. The highest BCUT2D eigenvalue weighted by molar-refractivity contribution is 6.36. The van der Waals surface area contributed by atoms with Crippen LogP contribution in [0.3, 0.4) is 0 Å². The average Bonchev–Trinajstić information content (AvgIpc) is 3.21. The largest absolute Gasteiger partial charge is 0.497 e. The van der Waals surface area contributed by atoms with Crippen LogP contribution in [0.1, 0.15) is 24.5 Å². The first kappa shape index (κ1) is 11.6. The summed E-state index contributed by atoms with van der Waals surface area (Å²) in [6.45, 7) is 0. The molecule has 4 heteroatoms. The van der Waals surface area contributed by atoms with E-state index < -0.39 is 0 Å². The van der Waals surface area contributed by atoms with Crippen molar-refractivity contribution in [3.8, 4) is 11.5 Å². The number of pyridine rings is 1. The first-order valence-corrected chi connectivity index (χ1v) is 6.33. The van der Waals surface area contributed by atoms with Crippen molar-refractivity contribution in [3.05, 3.63) is 28.9 Å². The van der Waals surface area contributed by atoms with Crippen LogP contribution in [0.4, 0.5) is 0 Å². The lowest BCUT2D eigenvalue weighted by Crippen LogP contribution is -1.94. The summed E-state index contributed by atoms with van der Waals surface area (Å²) in [7, 11) is 3.26. The van der Waals surface area contributed by atoms with E-state index in [-0.39, 0.29) is 0 Å². The Labute approximate surface area is 111 Å². The van der Waals surface area contributed by atoms with Gasteiger partial charge in [0.1, 0.15) is 11.5 Å². The number of aromatic nitrogens is 1. The molecule has 1 heterocycles. The van der Waals surface area contributed by atoms with Gasteiger partial charge in [-0.1, -0.05) is 11.6 Å². The van der Waals surface area contributed by atoms with E-state index in [4.69, 9.17) is 21.1 Å². The van der Waals surface area contributed by atoms with Gasteiger partial charge in [-0.05, 0) is 18.9 Å². The molecule has 94 valence electrons. The Morgan fingerprint density at radius 1 is 1.17 bits per heavy atom. The second-order valence-electron chi connectivity index (χ2n) is 4.53. The Hall–Kier alpha value is -1.48. The molecular formula is C14H14ClNO2. The Bertz CT molecular complexity index is 608. The molecule has 1 aliphatic rings. The standard InChI is InChI=1S/C14H14ClNO2/c1-17-9-5-12-14(13(6-9)18-2)10(15)7-11(16-12)8-3-4-8/h5-8H,3-4H2,1-2H3. The highest BCUT2D eigenvalue weighted by Gasteiger charge is 2.26. The zero-order chi connectivity index (χ0) is 12.7. The molecule has 0 unspecified atom stereocenters. The predicted molar refractivity (Wildman–Crippen MR) is 71.8 cm³/mol. The molecule has 1 aromatic carbocycles. The first-order chi connectivity index (χ1) is 8.72. The molecule has 0 N–H and O–H groups in total. The van der Waals surface area contributed by atoms with Crippen LogP contribution in [0.15, 0.2) is 18.2 Å². The molecular weight excluding hydrogens is 250 g/mol. The molecule has 1 aromatic heterocycles. The van der Waals surface area contributed by atoms with Gasteiger partial charge in [-0.2, -0.15) is 0 Å². The quantitative estimate of drug-likeness (QED) is 0.844. The zero-order valence-corrected chi connectivity index (χ0v) is 11.1. The third-order valence-corrected chi connectivity index (χ3v) is 3.57. The second-order valence-corrected chi connectivity index (χ2v) is 4.93. The fraction of sp³-hybridized carbons (Fsp3) is 0.357. The van der Waals surface area contributed by atoms with Crippen molar-refractivity contribution in [1.29, 1.82) is 0 Å². The van der Waals surface area contributed by atoms with Crippen LogP contribution in [0.5, 0.6) is 11.5 Å². The number of benzene rings is 1. The van der Waals surface area contributed by atoms with E-state index >= 15 is 0 Å². The fourth-order valence-corrected chi connectivity index (χ4v) is 2.45. The Morgan fingerprint density at radius 3 is 2.56 bits per heavy atom. The van der Waals surface area contributed by atoms with Gasteiger partial charge < -0.3 is 9.47 Å². The van der Waals surface area contributed by atoms with E-state index in [1.165, 1.54) is 12.8 Å². The molecule has 0 bridgehead atoms. The molecule has 0 radical (unpaired) electrons. The highest BCUT2D eigenvalue weighted by Crippen LogP contribution is 2.43. The lowest BCUT2D eigenvalue weighted by molar-refractivity contribution is 0.398. The van der Waals surface area contributed by atoms with Crippen molar-refractivity contribution in [2.45, 2.75) is 18.8 Å². The minimum atomic E-state index is 0.573. The molecule has 0 amide bonds. The highest BCUT2D eigenvalue weighted by atomic mass is 35.5. The summed E-state index contributed by atoms with van der Waals surface area (Å²) in [5.41, 5.74) is 1.91. The maximum absolute atomic E-state index is 6.35. The number of nitrogens with zero attached hydrogens (tertiary/aromatic N) is 1. The van der Waals surface area contributed by atoms with Crippen LogP contribution in [-0.2, 0) is 0 Å². The van der Waals surface area contributed by atoms with Crippen molar-refractivity contribution in [1.82, 2.24) is 4.98 Å². The van der Waals surface area contributed by atoms with Gasteiger partial charge >= 0.3 is 0 Å². The molecule has 0 aliphatic heterocycles. The van der Waals surface area contributed by atoms with Gasteiger partial charge in [-0.15, -0.1) is 0 Å². The monoisotopic (exact) mass is 263 g/mol. The number of ether oxygens (including phenoxy) is 2. The van der Waals surface area contributed by atoms with Crippen molar-refractivity contribution in [2.24, 2.45) is 0 Å². The third kappa shape index (κ3) is 1.89. The van der Waals surface area contributed by atoms with Gasteiger partial charge in [0, 0.05) is 23.7 Å².